The van der Waals surface area contributed by atoms with Gasteiger partial charge in [-0.3, -0.25) is 15.0 Å². The van der Waals surface area contributed by atoms with Crippen LogP contribution in [0.25, 0.3) is 11.3 Å². The van der Waals surface area contributed by atoms with Gasteiger partial charge in [-0.2, -0.15) is 0 Å². The Morgan fingerprint density at radius 3 is 2.70 bits per heavy atom. The minimum absolute atomic E-state index is 0.279. The molecular formula is C13H14N4O3. The first kappa shape index (κ1) is 13.8. The molecule has 1 aromatic carbocycles. The molecule has 4 N–H and O–H groups in total. The van der Waals surface area contributed by atoms with Crippen molar-refractivity contribution in [2.24, 2.45) is 5.84 Å². The molecule has 7 heteroatoms. The van der Waals surface area contributed by atoms with E-state index < -0.39 is 11.5 Å². The largest absolute Gasteiger partial charge is 0.494 e. The molecule has 1 aromatic heterocycles. The van der Waals surface area contributed by atoms with Gasteiger partial charge >= 0.3 is 0 Å². The second-order valence-electron chi connectivity index (χ2n) is 3.89. The summed E-state index contributed by atoms with van der Waals surface area (Å²) in [7, 11) is 0. The Bertz CT molecular complexity index is 664. The van der Waals surface area contributed by atoms with E-state index in [1.54, 1.807) is 24.3 Å². The molecule has 0 radical (unpaired) electrons. The van der Waals surface area contributed by atoms with E-state index in [2.05, 4.69) is 9.97 Å². The Morgan fingerprint density at radius 2 is 2.10 bits per heavy atom. The summed E-state index contributed by atoms with van der Waals surface area (Å²) in [6.07, 6.45) is 1.44. The van der Waals surface area contributed by atoms with Gasteiger partial charge < -0.3 is 9.72 Å². The third kappa shape index (κ3) is 2.83. The lowest BCUT2D eigenvalue weighted by Crippen LogP contribution is -2.35. The predicted octanol–water partition coefficient (Wildman–Crippen LogP) is 0.439. The summed E-state index contributed by atoms with van der Waals surface area (Å²) in [4.78, 5) is 29.4. The number of nitrogens with one attached hydrogen (secondary N) is 2. The molecule has 0 aliphatic rings. The molecule has 2 rings (SSSR count). The van der Waals surface area contributed by atoms with Crippen molar-refractivity contribution in [3.63, 3.8) is 0 Å². The molecule has 0 spiro atoms. The molecule has 2 aromatic rings. The van der Waals surface area contributed by atoms with Crippen LogP contribution in [0.15, 0.2) is 35.3 Å². The first-order valence-corrected chi connectivity index (χ1v) is 5.99. The van der Waals surface area contributed by atoms with Gasteiger partial charge in [-0.05, 0) is 31.2 Å². The van der Waals surface area contributed by atoms with Crippen molar-refractivity contribution < 1.29 is 9.53 Å². The number of carbonyl (C=O) groups is 1. The summed E-state index contributed by atoms with van der Waals surface area (Å²) >= 11 is 0. The number of aromatic nitrogens is 2. The number of benzene rings is 1. The van der Waals surface area contributed by atoms with Gasteiger partial charge in [-0.1, -0.05) is 0 Å². The molecule has 0 saturated heterocycles. The van der Waals surface area contributed by atoms with E-state index in [9.17, 15) is 9.59 Å². The van der Waals surface area contributed by atoms with Gasteiger partial charge in [0.05, 0.1) is 12.3 Å². The molecule has 0 saturated carbocycles. The Kier molecular flexibility index (Phi) is 4.11. The number of hydrogen-bond acceptors (Lipinski definition) is 5. The first-order chi connectivity index (χ1) is 9.65. The monoisotopic (exact) mass is 274 g/mol. The number of ether oxygens (including phenoxy) is 1. The summed E-state index contributed by atoms with van der Waals surface area (Å²) in [6.45, 7) is 2.48. The smallest absolute Gasteiger partial charge is 0.289 e. The highest BCUT2D eigenvalue weighted by molar-refractivity contribution is 5.91. The summed E-state index contributed by atoms with van der Waals surface area (Å²) in [5, 5.41) is 0. The highest BCUT2D eigenvalue weighted by Gasteiger charge is 2.12. The SMILES string of the molecule is CCOc1ccc(-c2c[nH]c(=O)c(C(=O)NN)n2)cc1. The molecule has 7 nitrogen and oxygen atoms in total. The topological polar surface area (TPSA) is 110 Å². The van der Waals surface area contributed by atoms with E-state index in [0.717, 1.165) is 11.3 Å². The second kappa shape index (κ2) is 5.98. The van der Waals surface area contributed by atoms with Crippen LogP contribution >= 0.6 is 0 Å². The van der Waals surface area contributed by atoms with Crippen molar-refractivity contribution in [2.45, 2.75) is 6.92 Å². The molecule has 0 fully saturated rings. The van der Waals surface area contributed by atoms with Gasteiger partial charge in [-0.25, -0.2) is 10.8 Å². The van der Waals surface area contributed by atoms with Crippen LogP contribution in [-0.4, -0.2) is 22.5 Å². The quantitative estimate of drug-likeness (QED) is 0.425. The van der Waals surface area contributed by atoms with E-state index in [-0.39, 0.29) is 5.69 Å². The third-order valence-corrected chi connectivity index (χ3v) is 2.59. The van der Waals surface area contributed by atoms with Crippen LogP contribution in [-0.2, 0) is 0 Å². The molecule has 0 unspecified atom stereocenters. The number of H-pyrrole nitrogens is 1. The van der Waals surface area contributed by atoms with Crippen LogP contribution < -0.4 is 21.6 Å². The lowest BCUT2D eigenvalue weighted by Gasteiger charge is -2.05. The van der Waals surface area contributed by atoms with Gasteiger partial charge in [0.25, 0.3) is 11.5 Å². The Balaban J connectivity index is 2.37. The Morgan fingerprint density at radius 1 is 1.40 bits per heavy atom. The lowest BCUT2D eigenvalue weighted by molar-refractivity contribution is 0.0947. The van der Waals surface area contributed by atoms with Crippen molar-refractivity contribution >= 4 is 5.91 Å². The molecule has 0 atom stereocenters. The fourth-order valence-corrected chi connectivity index (χ4v) is 1.66. The maximum absolute atomic E-state index is 11.5. The van der Waals surface area contributed by atoms with Gasteiger partial charge in [0.2, 0.25) is 0 Å². The number of rotatable bonds is 4. The highest BCUT2D eigenvalue weighted by Crippen LogP contribution is 2.19. The molecule has 0 aliphatic heterocycles. The fourth-order valence-electron chi connectivity index (χ4n) is 1.66. The van der Waals surface area contributed by atoms with Crippen LogP contribution in [0.1, 0.15) is 17.4 Å². The number of nitrogens with zero attached hydrogens (tertiary/aromatic N) is 1. The minimum Gasteiger partial charge on any atom is -0.494 e. The van der Waals surface area contributed by atoms with Crippen molar-refractivity contribution in [2.75, 3.05) is 6.61 Å². The number of amides is 1. The van der Waals surface area contributed by atoms with Crippen LogP contribution in [0, 0.1) is 0 Å². The number of nitrogen functional groups attached to an aromatic ring is 1. The van der Waals surface area contributed by atoms with Crippen molar-refractivity contribution in [1.82, 2.24) is 15.4 Å². The molecular weight excluding hydrogens is 260 g/mol. The van der Waals surface area contributed by atoms with E-state index in [4.69, 9.17) is 10.6 Å². The average Bonchev–Trinajstić information content (AvgIpc) is 2.48. The molecule has 1 amide bonds. The van der Waals surface area contributed by atoms with E-state index in [1.807, 2.05) is 12.3 Å². The van der Waals surface area contributed by atoms with Gasteiger partial charge in [-0.15, -0.1) is 0 Å². The summed E-state index contributed by atoms with van der Waals surface area (Å²) < 4.78 is 5.34. The predicted molar refractivity (Wildman–Crippen MR) is 73.1 cm³/mol. The molecule has 104 valence electrons. The second-order valence-corrected chi connectivity index (χ2v) is 3.89. The molecule has 20 heavy (non-hydrogen) atoms. The first-order valence-electron chi connectivity index (χ1n) is 5.99. The lowest BCUT2D eigenvalue weighted by atomic mass is 10.1. The average molecular weight is 274 g/mol. The van der Waals surface area contributed by atoms with Gasteiger partial charge in [0, 0.05) is 11.8 Å². The zero-order chi connectivity index (χ0) is 14.5. The van der Waals surface area contributed by atoms with E-state index in [1.165, 1.54) is 6.20 Å². The third-order valence-electron chi connectivity index (χ3n) is 2.59. The normalized spacial score (nSPS) is 10.1. The van der Waals surface area contributed by atoms with Crippen LogP contribution in [0.3, 0.4) is 0 Å². The maximum atomic E-state index is 11.5. The van der Waals surface area contributed by atoms with E-state index >= 15 is 0 Å². The van der Waals surface area contributed by atoms with Crippen LogP contribution in [0.4, 0.5) is 0 Å². The Hall–Kier alpha value is -2.67. The maximum Gasteiger partial charge on any atom is 0.289 e. The van der Waals surface area contributed by atoms with E-state index in [0.29, 0.717) is 12.3 Å². The number of hydrazine groups is 1. The van der Waals surface area contributed by atoms with Crippen LogP contribution in [0.5, 0.6) is 5.75 Å². The Labute approximate surface area is 114 Å². The zero-order valence-electron chi connectivity index (χ0n) is 10.8. The standard InChI is InChI=1S/C13H14N4O3/c1-2-20-9-5-3-8(4-6-9)10-7-15-12(18)11(16-10)13(19)17-14/h3-7H,2,14H2,1H3,(H,15,18)(H,17,19). The zero-order valence-corrected chi connectivity index (χ0v) is 10.8. The molecule has 0 bridgehead atoms. The number of aromatic amines is 1. The summed E-state index contributed by atoms with van der Waals surface area (Å²) in [6, 6.07) is 7.15. The summed E-state index contributed by atoms with van der Waals surface area (Å²) in [5.41, 5.74) is 2.22. The fraction of sp³-hybridized carbons (Fsp3) is 0.154. The van der Waals surface area contributed by atoms with Gasteiger partial charge in [0.1, 0.15) is 5.75 Å². The van der Waals surface area contributed by atoms with Crippen LogP contribution in [0.2, 0.25) is 0 Å². The molecule has 0 aliphatic carbocycles. The highest BCUT2D eigenvalue weighted by atomic mass is 16.5. The number of carbonyl (C=O) groups excluding carboxylic acids is 1. The van der Waals surface area contributed by atoms with Crippen molar-refractivity contribution in [3.8, 4) is 17.0 Å². The molecule has 1 heterocycles. The van der Waals surface area contributed by atoms with Crippen molar-refractivity contribution in [1.29, 1.82) is 0 Å². The van der Waals surface area contributed by atoms with Crippen molar-refractivity contribution in [3.05, 3.63) is 46.5 Å². The van der Waals surface area contributed by atoms with Gasteiger partial charge in [0.15, 0.2) is 5.69 Å². The number of hydrogen-bond donors (Lipinski definition) is 3. The minimum atomic E-state index is -0.737. The summed E-state index contributed by atoms with van der Waals surface area (Å²) in [5.74, 6) is 5.01. The number of nitrogens with two attached hydrogens (primary N) is 1.